The van der Waals surface area contributed by atoms with Crippen molar-refractivity contribution in [1.29, 1.82) is 0 Å². The number of aryl methyl sites for hydroxylation is 1. The van der Waals surface area contributed by atoms with E-state index in [0.717, 1.165) is 9.13 Å². The van der Waals surface area contributed by atoms with Crippen LogP contribution in [0.2, 0.25) is 0 Å². The van der Waals surface area contributed by atoms with E-state index in [1.807, 2.05) is 25.1 Å². The summed E-state index contributed by atoms with van der Waals surface area (Å²) in [5.74, 6) is -1.06. The van der Waals surface area contributed by atoms with Crippen LogP contribution >= 0.6 is 33.9 Å². The van der Waals surface area contributed by atoms with Gasteiger partial charge in [0.15, 0.2) is 0 Å². The van der Waals surface area contributed by atoms with E-state index in [-0.39, 0.29) is 5.56 Å². The second-order valence-corrected chi connectivity index (χ2v) is 6.17. The predicted octanol–water partition coefficient (Wildman–Crippen LogP) is 4.00. The summed E-state index contributed by atoms with van der Waals surface area (Å²) in [4.78, 5) is 22.8. The molecule has 0 bridgehead atoms. The molecule has 0 radical (unpaired) electrons. The van der Waals surface area contributed by atoms with Crippen molar-refractivity contribution in [3.8, 4) is 0 Å². The molecule has 0 aliphatic carbocycles. The van der Waals surface area contributed by atoms with Crippen molar-refractivity contribution < 1.29 is 14.7 Å². The molecule has 0 fully saturated rings. The Hall–Kier alpha value is -1.61. The van der Waals surface area contributed by atoms with E-state index in [1.54, 1.807) is 5.38 Å². The zero-order valence-electron chi connectivity index (χ0n) is 10.4. The highest BCUT2D eigenvalue weighted by atomic mass is 127. The number of carbonyl (C=O) groups excluding carboxylic acids is 1. The molecular formula is C13H11IN2O3S. The van der Waals surface area contributed by atoms with Gasteiger partial charge in [0, 0.05) is 9.26 Å². The molecule has 3 N–H and O–H groups in total. The lowest BCUT2D eigenvalue weighted by Crippen LogP contribution is -2.20. The first-order valence-electron chi connectivity index (χ1n) is 5.62. The number of thiophene rings is 1. The first kappa shape index (κ1) is 14.8. The third-order valence-electron chi connectivity index (χ3n) is 2.56. The molecule has 0 aliphatic rings. The van der Waals surface area contributed by atoms with Gasteiger partial charge in [0.1, 0.15) is 5.00 Å². The Bertz CT molecular complexity index is 669. The second kappa shape index (κ2) is 6.23. The zero-order chi connectivity index (χ0) is 14.7. The number of anilines is 2. The lowest BCUT2D eigenvalue weighted by atomic mass is 10.2. The minimum Gasteiger partial charge on any atom is -0.478 e. The van der Waals surface area contributed by atoms with E-state index in [2.05, 4.69) is 33.2 Å². The van der Waals surface area contributed by atoms with Crippen molar-refractivity contribution in [1.82, 2.24) is 0 Å². The van der Waals surface area contributed by atoms with E-state index in [9.17, 15) is 9.59 Å². The molecule has 20 heavy (non-hydrogen) atoms. The van der Waals surface area contributed by atoms with Crippen LogP contribution in [0.15, 0.2) is 29.6 Å². The average Bonchev–Trinajstić information content (AvgIpc) is 2.81. The lowest BCUT2D eigenvalue weighted by molar-refractivity contribution is 0.0698. The van der Waals surface area contributed by atoms with Crippen molar-refractivity contribution in [3.05, 3.63) is 44.3 Å². The maximum absolute atomic E-state index is 11.9. The largest absolute Gasteiger partial charge is 0.478 e. The van der Waals surface area contributed by atoms with Crippen LogP contribution < -0.4 is 10.6 Å². The van der Waals surface area contributed by atoms with E-state index >= 15 is 0 Å². The smallest absolute Gasteiger partial charge is 0.338 e. The number of rotatable bonds is 3. The number of hydrogen-bond donors (Lipinski definition) is 3. The first-order valence-corrected chi connectivity index (χ1v) is 7.58. The molecule has 0 saturated heterocycles. The quantitative estimate of drug-likeness (QED) is 0.680. The number of hydrogen-bond acceptors (Lipinski definition) is 3. The summed E-state index contributed by atoms with van der Waals surface area (Å²) in [6, 6.07) is 6.64. The van der Waals surface area contributed by atoms with Crippen LogP contribution in [0.3, 0.4) is 0 Å². The zero-order valence-corrected chi connectivity index (χ0v) is 13.4. The highest BCUT2D eigenvalue weighted by Crippen LogP contribution is 2.24. The molecule has 2 rings (SSSR count). The van der Waals surface area contributed by atoms with Crippen molar-refractivity contribution in [2.45, 2.75) is 6.92 Å². The number of urea groups is 1. The van der Waals surface area contributed by atoms with Gasteiger partial charge in [-0.3, -0.25) is 5.32 Å². The Morgan fingerprint density at radius 2 is 2.00 bits per heavy atom. The number of benzene rings is 1. The van der Waals surface area contributed by atoms with Gasteiger partial charge in [0.2, 0.25) is 0 Å². The van der Waals surface area contributed by atoms with Gasteiger partial charge in [0.25, 0.3) is 0 Å². The van der Waals surface area contributed by atoms with Gasteiger partial charge < -0.3 is 10.4 Å². The molecule has 1 heterocycles. The number of amides is 2. The van der Waals surface area contributed by atoms with Crippen molar-refractivity contribution >= 4 is 56.6 Å². The fraction of sp³-hybridized carbons (Fsp3) is 0.0769. The summed E-state index contributed by atoms with van der Waals surface area (Å²) in [6.45, 7) is 1.89. The highest BCUT2D eigenvalue weighted by Gasteiger charge is 2.14. The standard InChI is InChI=1S/C13H11IN2O3S/c1-7-6-8(14)2-3-10(7)15-13(19)16-11-9(12(17)18)4-5-20-11/h2-6H,1H3,(H,17,18)(H2,15,16,19). The van der Waals surface area contributed by atoms with Crippen LogP contribution in [0.1, 0.15) is 15.9 Å². The number of halogens is 1. The topological polar surface area (TPSA) is 78.4 Å². The minimum atomic E-state index is -1.06. The van der Waals surface area contributed by atoms with Crippen LogP contribution in [-0.4, -0.2) is 17.1 Å². The SMILES string of the molecule is Cc1cc(I)ccc1NC(=O)Nc1sccc1C(=O)O. The van der Waals surface area contributed by atoms with Crippen LogP contribution in [0.25, 0.3) is 0 Å². The van der Waals surface area contributed by atoms with E-state index < -0.39 is 12.0 Å². The van der Waals surface area contributed by atoms with Crippen LogP contribution in [-0.2, 0) is 0 Å². The molecular weight excluding hydrogens is 391 g/mol. The fourth-order valence-electron chi connectivity index (χ4n) is 1.60. The van der Waals surface area contributed by atoms with Gasteiger partial charge in [0.05, 0.1) is 5.56 Å². The molecule has 0 saturated carbocycles. The molecule has 0 aliphatic heterocycles. The van der Waals surface area contributed by atoms with Crippen molar-refractivity contribution in [2.75, 3.05) is 10.6 Å². The summed E-state index contributed by atoms with van der Waals surface area (Å²) in [5, 5.41) is 16.2. The molecule has 0 atom stereocenters. The molecule has 2 amide bonds. The van der Waals surface area contributed by atoms with E-state index in [4.69, 9.17) is 5.11 Å². The average molecular weight is 402 g/mol. The number of carboxylic acid groups (broad SMARTS) is 1. The van der Waals surface area contributed by atoms with Crippen molar-refractivity contribution in [2.24, 2.45) is 0 Å². The Balaban J connectivity index is 2.09. The molecule has 1 aromatic heterocycles. The maximum atomic E-state index is 11.9. The fourth-order valence-corrected chi connectivity index (χ4v) is 3.02. The lowest BCUT2D eigenvalue weighted by Gasteiger charge is -2.09. The van der Waals surface area contributed by atoms with Gasteiger partial charge in [-0.2, -0.15) is 0 Å². The Morgan fingerprint density at radius 1 is 1.25 bits per heavy atom. The van der Waals surface area contributed by atoms with Gasteiger partial charge in [-0.1, -0.05) is 0 Å². The highest BCUT2D eigenvalue weighted by molar-refractivity contribution is 14.1. The molecule has 2 aromatic rings. The summed E-state index contributed by atoms with van der Waals surface area (Å²) in [7, 11) is 0. The van der Waals surface area contributed by atoms with Gasteiger partial charge in [-0.15, -0.1) is 11.3 Å². The van der Waals surface area contributed by atoms with Gasteiger partial charge >= 0.3 is 12.0 Å². The molecule has 5 nitrogen and oxygen atoms in total. The van der Waals surface area contributed by atoms with Gasteiger partial charge in [-0.25, -0.2) is 9.59 Å². The number of aromatic carboxylic acids is 1. The number of carboxylic acids is 1. The summed E-state index contributed by atoms with van der Waals surface area (Å²) in [6.07, 6.45) is 0. The maximum Gasteiger partial charge on any atom is 0.338 e. The van der Waals surface area contributed by atoms with Crippen molar-refractivity contribution in [3.63, 3.8) is 0 Å². The third kappa shape index (κ3) is 3.48. The Labute approximate surface area is 133 Å². The summed E-state index contributed by atoms with van der Waals surface area (Å²) in [5.41, 5.74) is 1.72. The first-order chi connectivity index (χ1) is 9.47. The predicted molar refractivity (Wildman–Crippen MR) is 87.8 cm³/mol. The molecule has 0 spiro atoms. The van der Waals surface area contributed by atoms with E-state index in [0.29, 0.717) is 10.7 Å². The minimum absolute atomic E-state index is 0.0875. The number of carbonyl (C=O) groups is 2. The van der Waals surface area contributed by atoms with E-state index in [1.165, 1.54) is 17.4 Å². The number of nitrogens with one attached hydrogen (secondary N) is 2. The Kier molecular flexibility index (Phi) is 4.61. The van der Waals surface area contributed by atoms with Crippen LogP contribution in [0.5, 0.6) is 0 Å². The molecule has 7 heteroatoms. The summed E-state index contributed by atoms with van der Waals surface area (Å²) >= 11 is 3.36. The molecule has 104 valence electrons. The third-order valence-corrected chi connectivity index (χ3v) is 4.06. The normalized spacial score (nSPS) is 10.1. The van der Waals surface area contributed by atoms with Crippen LogP contribution in [0, 0.1) is 10.5 Å². The Morgan fingerprint density at radius 3 is 2.65 bits per heavy atom. The summed E-state index contributed by atoms with van der Waals surface area (Å²) < 4.78 is 1.08. The monoisotopic (exact) mass is 402 g/mol. The van der Waals surface area contributed by atoms with Crippen LogP contribution in [0.4, 0.5) is 15.5 Å². The molecule has 1 aromatic carbocycles. The van der Waals surface area contributed by atoms with Gasteiger partial charge in [-0.05, 0) is 64.7 Å². The molecule has 0 unspecified atom stereocenters. The second-order valence-electron chi connectivity index (χ2n) is 4.01.